The second-order valence-corrected chi connectivity index (χ2v) is 11.4. The van der Waals surface area contributed by atoms with Crippen molar-refractivity contribution in [1.29, 1.82) is 0 Å². The summed E-state index contributed by atoms with van der Waals surface area (Å²) in [5.41, 5.74) is 4.98. The van der Waals surface area contributed by atoms with Crippen LogP contribution in [0.1, 0.15) is 79.0 Å². The lowest BCUT2D eigenvalue weighted by Gasteiger charge is -2.32. The molecule has 23 heavy (non-hydrogen) atoms. The van der Waals surface area contributed by atoms with Crippen molar-refractivity contribution in [2.24, 2.45) is 0 Å². The molecule has 0 bridgehead atoms. The van der Waals surface area contributed by atoms with Crippen LogP contribution in [0.2, 0.25) is 0 Å². The summed E-state index contributed by atoms with van der Waals surface area (Å²) >= 11 is 1.89. The fourth-order valence-electron chi connectivity index (χ4n) is 2.55. The highest BCUT2D eigenvalue weighted by Crippen LogP contribution is 2.35. The molecular formula is C21H35PS. The van der Waals surface area contributed by atoms with E-state index in [2.05, 4.69) is 86.5 Å². The molecule has 0 aliphatic heterocycles. The van der Waals surface area contributed by atoms with Crippen LogP contribution in [0, 0.1) is 0 Å². The number of hydrogen-bond donors (Lipinski definition) is 0. The Bertz CT molecular complexity index is 528. The van der Waals surface area contributed by atoms with Gasteiger partial charge < -0.3 is 0 Å². The predicted molar refractivity (Wildman–Crippen MR) is 114 cm³/mol. The van der Waals surface area contributed by atoms with Crippen molar-refractivity contribution >= 4 is 31.1 Å². The van der Waals surface area contributed by atoms with Crippen molar-refractivity contribution in [3.05, 3.63) is 28.8 Å². The van der Waals surface area contributed by atoms with Crippen LogP contribution in [0.15, 0.2) is 12.1 Å². The molecule has 0 radical (unpaired) electrons. The van der Waals surface area contributed by atoms with Gasteiger partial charge in [0.15, 0.2) is 0 Å². The fraction of sp³-hybridized carbons (Fsp3) is 0.667. The van der Waals surface area contributed by atoms with Gasteiger partial charge in [0.05, 0.1) is 0 Å². The summed E-state index contributed by atoms with van der Waals surface area (Å²) in [7, 11) is 1.36. The normalized spacial score (nSPS) is 13.8. The molecule has 0 heterocycles. The summed E-state index contributed by atoms with van der Waals surface area (Å²) in [5.74, 6) is 3.51. The van der Waals surface area contributed by atoms with E-state index in [1.807, 2.05) is 11.8 Å². The van der Waals surface area contributed by atoms with E-state index in [0.29, 0.717) is 0 Å². The van der Waals surface area contributed by atoms with Gasteiger partial charge in [-0.15, -0.1) is 0 Å². The lowest BCUT2D eigenvalue weighted by Crippen LogP contribution is -2.29. The Morgan fingerprint density at radius 1 is 0.826 bits per heavy atom. The number of rotatable bonds is 3. The van der Waals surface area contributed by atoms with Crippen LogP contribution >= 0.6 is 20.0 Å². The Hall–Kier alpha value is -0.260. The summed E-state index contributed by atoms with van der Waals surface area (Å²) in [6, 6.07) is 4.93. The van der Waals surface area contributed by atoms with Gasteiger partial charge in [-0.1, -0.05) is 82.7 Å². The van der Waals surface area contributed by atoms with E-state index in [4.69, 9.17) is 0 Å². The monoisotopic (exact) mass is 350 g/mol. The zero-order chi connectivity index (χ0) is 18.1. The van der Waals surface area contributed by atoms with Gasteiger partial charge in [0.1, 0.15) is 0 Å². The Kier molecular flexibility index (Phi) is 6.62. The fourth-order valence-corrected chi connectivity index (χ4v) is 4.71. The number of hydrogen-bond acceptors (Lipinski definition) is 1. The highest BCUT2D eigenvalue weighted by molar-refractivity contribution is 7.99. The van der Waals surface area contributed by atoms with Gasteiger partial charge in [0.2, 0.25) is 0 Å². The van der Waals surface area contributed by atoms with Gasteiger partial charge in [0, 0.05) is 11.1 Å². The van der Waals surface area contributed by atoms with Gasteiger partial charge in [-0.2, -0.15) is 11.8 Å². The van der Waals surface area contributed by atoms with Crippen LogP contribution in [0.25, 0.3) is 0 Å². The molecule has 1 aromatic carbocycles. The van der Waals surface area contributed by atoms with E-state index < -0.39 is 0 Å². The second-order valence-electron chi connectivity index (χ2n) is 9.44. The summed E-state index contributed by atoms with van der Waals surface area (Å²) < 4.78 is 0. The predicted octanol–water partition coefficient (Wildman–Crippen LogP) is 6.32. The number of thioether (sulfide) groups is 1. The third kappa shape index (κ3) is 5.64. The summed E-state index contributed by atoms with van der Waals surface area (Å²) in [4.78, 5) is 0. The first-order valence-corrected chi connectivity index (χ1v) is 10.8. The number of benzene rings is 1. The van der Waals surface area contributed by atoms with Gasteiger partial charge >= 0.3 is 0 Å². The summed E-state index contributed by atoms with van der Waals surface area (Å²) in [6.45, 7) is 21.0. The van der Waals surface area contributed by atoms with Crippen LogP contribution in [0.3, 0.4) is 0 Å². The zero-order valence-electron chi connectivity index (χ0n) is 16.8. The zero-order valence-corrected chi connectivity index (χ0v) is 18.5. The third-order valence-corrected chi connectivity index (χ3v) is 5.91. The van der Waals surface area contributed by atoms with Crippen LogP contribution in [0.5, 0.6) is 0 Å². The third-order valence-electron chi connectivity index (χ3n) is 4.05. The molecule has 0 atom stereocenters. The van der Waals surface area contributed by atoms with Crippen molar-refractivity contribution in [2.45, 2.75) is 78.6 Å². The van der Waals surface area contributed by atoms with Crippen LogP contribution < -0.4 is 5.30 Å². The quantitative estimate of drug-likeness (QED) is 0.575. The van der Waals surface area contributed by atoms with E-state index in [1.54, 1.807) is 0 Å². The second kappa shape index (κ2) is 7.32. The van der Waals surface area contributed by atoms with Crippen molar-refractivity contribution < 1.29 is 0 Å². The Labute approximate surface area is 150 Å². The topological polar surface area (TPSA) is 0 Å². The molecule has 0 aliphatic rings. The molecule has 0 aromatic heterocycles. The Morgan fingerprint density at radius 2 is 1.26 bits per heavy atom. The lowest BCUT2D eigenvalue weighted by molar-refractivity contribution is 0.554. The summed E-state index contributed by atoms with van der Waals surface area (Å²) in [6.07, 6.45) is 2.17. The molecule has 0 saturated carbocycles. The van der Waals surface area contributed by atoms with Crippen molar-refractivity contribution in [3.8, 4) is 0 Å². The van der Waals surface area contributed by atoms with E-state index >= 15 is 0 Å². The smallest absolute Gasteiger partial charge is 0.0156 e. The van der Waals surface area contributed by atoms with E-state index in [1.165, 1.54) is 30.2 Å². The van der Waals surface area contributed by atoms with Crippen molar-refractivity contribution in [1.82, 2.24) is 0 Å². The van der Waals surface area contributed by atoms with E-state index in [9.17, 15) is 0 Å². The molecule has 1 aromatic rings. The Morgan fingerprint density at radius 3 is 1.57 bits per heavy atom. The van der Waals surface area contributed by atoms with Gasteiger partial charge in [0.25, 0.3) is 0 Å². The maximum atomic E-state index is 2.46. The van der Waals surface area contributed by atoms with Crippen LogP contribution in [-0.4, -0.2) is 17.8 Å². The highest BCUT2D eigenvalue weighted by atomic mass is 32.2. The minimum absolute atomic E-state index is 0.163. The first kappa shape index (κ1) is 20.8. The first-order valence-electron chi connectivity index (χ1n) is 8.49. The summed E-state index contributed by atoms with van der Waals surface area (Å²) in [5, 5.41) is 1.52. The van der Waals surface area contributed by atoms with E-state index in [0.717, 1.165) is 5.75 Å². The molecule has 0 fully saturated rings. The largest absolute Gasteiger partial charge is 0.161 e. The van der Waals surface area contributed by atoms with Crippen LogP contribution in [0.4, 0.5) is 0 Å². The molecule has 130 valence electrons. The van der Waals surface area contributed by atoms with Gasteiger partial charge in [-0.3, -0.25) is 0 Å². The molecule has 0 N–H and O–H groups in total. The van der Waals surface area contributed by atoms with Crippen molar-refractivity contribution in [3.63, 3.8) is 0 Å². The average molecular weight is 351 g/mol. The maximum Gasteiger partial charge on any atom is 0.0156 e. The molecule has 1 rings (SSSR count). The van der Waals surface area contributed by atoms with Gasteiger partial charge in [-0.25, -0.2) is 0 Å². The highest BCUT2D eigenvalue weighted by Gasteiger charge is 2.28. The van der Waals surface area contributed by atoms with Gasteiger partial charge in [-0.05, 0) is 45.0 Å². The maximum absolute atomic E-state index is 2.46. The lowest BCUT2D eigenvalue weighted by atomic mass is 9.75. The molecule has 0 unspecified atom stereocenters. The first-order chi connectivity index (χ1) is 10.3. The molecule has 2 heteroatoms. The molecule has 0 nitrogen and oxygen atoms in total. The molecule has 0 spiro atoms. The SMILES string of the molecule is CSCC=Pc1c(C(C)(C)C)cc(C(C)(C)C)cc1C(C)(C)C. The molecular weight excluding hydrogens is 315 g/mol. The average Bonchev–Trinajstić information content (AvgIpc) is 2.35. The Balaban J connectivity index is 3.75. The van der Waals surface area contributed by atoms with E-state index in [-0.39, 0.29) is 16.2 Å². The minimum Gasteiger partial charge on any atom is -0.161 e. The minimum atomic E-state index is 0.163. The van der Waals surface area contributed by atoms with Crippen molar-refractivity contribution in [2.75, 3.05) is 12.0 Å². The molecule has 0 saturated heterocycles. The molecule has 0 aliphatic carbocycles. The standard InChI is InChI=1S/C21H35PS/c1-19(2,3)15-13-16(20(4,5)6)18(22-11-12-23-10)17(14-15)21(7,8)9/h11,13-14H,12H2,1-10H3. The molecule has 0 amide bonds. The van der Waals surface area contributed by atoms with Crippen LogP contribution in [-0.2, 0) is 16.2 Å².